The van der Waals surface area contributed by atoms with E-state index in [1.54, 1.807) is 0 Å². The van der Waals surface area contributed by atoms with Crippen LogP contribution in [0, 0.1) is 11.3 Å². The molecule has 0 aromatic rings. The van der Waals surface area contributed by atoms with Crippen molar-refractivity contribution in [3.8, 4) is 0 Å². The van der Waals surface area contributed by atoms with Crippen LogP contribution in [-0.4, -0.2) is 38.0 Å². The number of nitrogens with one attached hydrogen (secondary N) is 1. The summed E-state index contributed by atoms with van der Waals surface area (Å²) in [6.45, 7) is 6.63. The summed E-state index contributed by atoms with van der Waals surface area (Å²) >= 11 is 0. The molecule has 98 valence electrons. The molecule has 3 aliphatic rings. The van der Waals surface area contributed by atoms with Gasteiger partial charge in [0.2, 0.25) is 0 Å². The van der Waals surface area contributed by atoms with E-state index in [4.69, 9.17) is 9.47 Å². The molecule has 3 atom stereocenters. The van der Waals surface area contributed by atoms with Crippen LogP contribution in [0.15, 0.2) is 0 Å². The van der Waals surface area contributed by atoms with Crippen LogP contribution in [0.3, 0.4) is 0 Å². The second-order valence-electron chi connectivity index (χ2n) is 6.66. The lowest BCUT2D eigenvalue weighted by atomic mass is 9.57. The van der Waals surface area contributed by atoms with Gasteiger partial charge >= 0.3 is 0 Å². The van der Waals surface area contributed by atoms with Crippen molar-refractivity contribution in [2.45, 2.75) is 57.3 Å². The molecule has 0 bridgehead atoms. The van der Waals surface area contributed by atoms with E-state index in [-0.39, 0.29) is 5.60 Å². The largest absolute Gasteiger partial charge is 0.377 e. The fourth-order valence-corrected chi connectivity index (χ4v) is 4.06. The highest BCUT2D eigenvalue weighted by Gasteiger charge is 2.59. The number of rotatable bonds is 4. The van der Waals surface area contributed by atoms with Gasteiger partial charge in [-0.2, -0.15) is 0 Å². The second-order valence-corrected chi connectivity index (χ2v) is 6.66. The Hall–Kier alpha value is -0.120. The van der Waals surface area contributed by atoms with Crippen LogP contribution < -0.4 is 5.32 Å². The fraction of sp³-hybridized carbons (Fsp3) is 1.00. The number of methoxy groups -OCH3 is 1. The third-order valence-electron chi connectivity index (χ3n) is 5.44. The van der Waals surface area contributed by atoms with Gasteiger partial charge in [-0.15, -0.1) is 0 Å². The molecule has 0 aromatic heterocycles. The highest BCUT2D eigenvalue weighted by Crippen LogP contribution is 2.52. The van der Waals surface area contributed by atoms with Crippen molar-refractivity contribution in [3.05, 3.63) is 0 Å². The van der Waals surface area contributed by atoms with E-state index >= 15 is 0 Å². The lowest BCUT2D eigenvalue weighted by Gasteiger charge is -2.56. The van der Waals surface area contributed by atoms with Crippen LogP contribution in [0.2, 0.25) is 0 Å². The summed E-state index contributed by atoms with van der Waals surface area (Å²) in [7, 11) is 1.86. The zero-order valence-corrected chi connectivity index (χ0v) is 11.3. The minimum absolute atomic E-state index is 0.140. The smallest absolute Gasteiger partial charge is 0.0802 e. The summed E-state index contributed by atoms with van der Waals surface area (Å²) in [6, 6.07) is 0.614. The minimum Gasteiger partial charge on any atom is -0.377 e. The maximum atomic E-state index is 5.82. The Morgan fingerprint density at radius 2 is 2.12 bits per heavy atom. The lowest BCUT2D eigenvalue weighted by molar-refractivity contribution is -0.127. The van der Waals surface area contributed by atoms with Gasteiger partial charge in [0.1, 0.15) is 0 Å². The molecular weight excluding hydrogens is 214 g/mol. The van der Waals surface area contributed by atoms with Gasteiger partial charge in [0.25, 0.3) is 0 Å². The molecule has 1 N–H and O–H groups in total. The Bertz CT molecular complexity index is 293. The molecule has 1 saturated heterocycles. The zero-order chi connectivity index (χ0) is 12.1. The van der Waals surface area contributed by atoms with Crippen molar-refractivity contribution in [2.24, 2.45) is 11.3 Å². The highest BCUT2D eigenvalue weighted by atomic mass is 16.5. The molecule has 3 heteroatoms. The van der Waals surface area contributed by atoms with Gasteiger partial charge < -0.3 is 14.8 Å². The third-order valence-corrected chi connectivity index (χ3v) is 5.44. The van der Waals surface area contributed by atoms with Gasteiger partial charge in [-0.1, -0.05) is 13.8 Å². The number of fused-ring (bicyclic) bond motifs is 1. The predicted octanol–water partition coefficient (Wildman–Crippen LogP) is 1.96. The predicted molar refractivity (Wildman–Crippen MR) is 67.0 cm³/mol. The van der Waals surface area contributed by atoms with Crippen LogP contribution in [0.5, 0.6) is 0 Å². The topological polar surface area (TPSA) is 30.5 Å². The summed E-state index contributed by atoms with van der Waals surface area (Å²) in [5, 5.41) is 3.77. The Labute approximate surface area is 104 Å². The number of ether oxygens (including phenoxy) is 2. The van der Waals surface area contributed by atoms with Gasteiger partial charge in [0.05, 0.1) is 11.7 Å². The van der Waals surface area contributed by atoms with Crippen LogP contribution in [0.1, 0.15) is 39.5 Å². The fourth-order valence-electron chi connectivity index (χ4n) is 4.06. The first-order valence-electron chi connectivity index (χ1n) is 6.99. The maximum Gasteiger partial charge on any atom is 0.0802 e. The molecule has 1 aliphatic heterocycles. The highest BCUT2D eigenvalue weighted by molar-refractivity contribution is 5.12. The summed E-state index contributed by atoms with van der Waals surface area (Å²) in [5.74, 6) is 0.735. The SMILES string of the molecule is COC1(CNC2C3CCOC3C2(C)C)CCC1. The molecule has 1 heterocycles. The van der Waals surface area contributed by atoms with Crippen LogP contribution in [0.4, 0.5) is 0 Å². The van der Waals surface area contributed by atoms with Crippen LogP contribution in [0.25, 0.3) is 0 Å². The molecule has 3 fully saturated rings. The van der Waals surface area contributed by atoms with E-state index in [0.717, 1.165) is 19.1 Å². The maximum absolute atomic E-state index is 5.82. The van der Waals surface area contributed by atoms with E-state index in [2.05, 4.69) is 19.2 Å². The van der Waals surface area contributed by atoms with Gasteiger partial charge in [0.15, 0.2) is 0 Å². The zero-order valence-electron chi connectivity index (χ0n) is 11.3. The van der Waals surface area contributed by atoms with Crippen molar-refractivity contribution >= 4 is 0 Å². The molecule has 17 heavy (non-hydrogen) atoms. The summed E-state index contributed by atoms with van der Waals surface area (Å²) < 4.78 is 11.5. The van der Waals surface area contributed by atoms with Crippen molar-refractivity contribution in [3.63, 3.8) is 0 Å². The molecule has 2 aliphatic carbocycles. The second kappa shape index (κ2) is 3.94. The van der Waals surface area contributed by atoms with Crippen LogP contribution in [-0.2, 0) is 9.47 Å². The van der Waals surface area contributed by atoms with Crippen molar-refractivity contribution in [1.29, 1.82) is 0 Å². The molecule has 0 amide bonds. The van der Waals surface area contributed by atoms with Gasteiger partial charge in [-0.3, -0.25) is 0 Å². The Morgan fingerprint density at radius 3 is 2.71 bits per heavy atom. The molecule has 0 aromatic carbocycles. The number of hydrogen-bond acceptors (Lipinski definition) is 3. The Morgan fingerprint density at radius 1 is 1.35 bits per heavy atom. The monoisotopic (exact) mass is 239 g/mol. The van der Waals surface area contributed by atoms with E-state index in [1.807, 2.05) is 7.11 Å². The summed E-state index contributed by atoms with van der Waals surface area (Å²) in [6.07, 6.45) is 5.47. The Balaban J connectivity index is 1.58. The normalized spacial score (nSPS) is 41.5. The quantitative estimate of drug-likeness (QED) is 0.813. The summed E-state index contributed by atoms with van der Waals surface area (Å²) in [5.41, 5.74) is 0.431. The van der Waals surface area contributed by atoms with Gasteiger partial charge in [0, 0.05) is 37.6 Å². The van der Waals surface area contributed by atoms with Crippen molar-refractivity contribution in [2.75, 3.05) is 20.3 Å². The van der Waals surface area contributed by atoms with Crippen molar-refractivity contribution < 1.29 is 9.47 Å². The molecule has 0 radical (unpaired) electrons. The molecule has 3 nitrogen and oxygen atoms in total. The van der Waals surface area contributed by atoms with E-state index in [0.29, 0.717) is 17.6 Å². The van der Waals surface area contributed by atoms with E-state index < -0.39 is 0 Å². The van der Waals surface area contributed by atoms with E-state index in [1.165, 1.54) is 25.7 Å². The molecule has 3 rings (SSSR count). The standard InChI is InChI=1S/C14H25NO2/c1-13(2)11(10-5-8-17-12(10)13)15-9-14(16-3)6-4-7-14/h10-12,15H,4-9H2,1-3H3. The van der Waals surface area contributed by atoms with Gasteiger partial charge in [-0.25, -0.2) is 0 Å². The molecular formula is C14H25NO2. The lowest BCUT2D eigenvalue weighted by Crippen LogP contribution is -2.67. The average Bonchev–Trinajstić information content (AvgIpc) is 2.68. The van der Waals surface area contributed by atoms with Crippen LogP contribution >= 0.6 is 0 Å². The van der Waals surface area contributed by atoms with Gasteiger partial charge in [-0.05, 0) is 25.7 Å². The van der Waals surface area contributed by atoms with Crippen molar-refractivity contribution in [1.82, 2.24) is 5.32 Å². The minimum atomic E-state index is 0.140. The van der Waals surface area contributed by atoms with E-state index in [9.17, 15) is 0 Å². The first-order chi connectivity index (χ1) is 8.09. The summed E-state index contributed by atoms with van der Waals surface area (Å²) in [4.78, 5) is 0. The average molecular weight is 239 g/mol. The molecule has 3 unspecified atom stereocenters. The first-order valence-corrected chi connectivity index (χ1v) is 6.99. The molecule has 0 spiro atoms. The molecule has 2 saturated carbocycles. The number of hydrogen-bond donors (Lipinski definition) is 1. The third kappa shape index (κ3) is 1.66. The Kier molecular flexibility index (Phi) is 2.77. The first kappa shape index (κ1) is 11.9.